The molecule has 2 saturated heterocycles. The van der Waals surface area contributed by atoms with Crippen molar-refractivity contribution in [3.05, 3.63) is 12.2 Å². The van der Waals surface area contributed by atoms with Crippen LogP contribution in [0.1, 0.15) is 25.7 Å². The highest BCUT2D eigenvalue weighted by Crippen LogP contribution is 2.29. The minimum absolute atomic E-state index is 0. The van der Waals surface area contributed by atoms with Crippen LogP contribution in [0.3, 0.4) is 0 Å². The molecule has 1 N–H and O–H groups in total. The van der Waals surface area contributed by atoms with Gasteiger partial charge < -0.3 is 15.0 Å². The van der Waals surface area contributed by atoms with E-state index in [4.69, 9.17) is 4.74 Å². The van der Waals surface area contributed by atoms with Gasteiger partial charge in [-0.05, 0) is 25.7 Å². The van der Waals surface area contributed by atoms with Crippen molar-refractivity contribution >= 4 is 18.3 Å². The second-order valence-electron chi connectivity index (χ2n) is 5.67. The number of nitrogens with zero attached hydrogens (tertiary/aromatic N) is 1. The molecule has 0 bridgehead atoms. The molecule has 0 radical (unpaired) electrons. The lowest BCUT2D eigenvalue weighted by Gasteiger charge is -2.44. The van der Waals surface area contributed by atoms with Gasteiger partial charge in [0.25, 0.3) is 0 Å². The number of likely N-dealkylation sites (tertiary alicyclic amines) is 1. The van der Waals surface area contributed by atoms with Gasteiger partial charge in [-0.1, -0.05) is 12.2 Å². The van der Waals surface area contributed by atoms with E-state index in [0.717, 1.165) is 58.5 Å². The van der Waals surface area contributed by atoms with Crippen LogP contribution >= 0.6 is 12.4 Å². The SMILES string of the molecule is Cl.O=C(C1CC=CC1)N1CCC2(CC1)CNCCO2. The molecule has 5 heteroatoms. The Morgan fingerprint density at radius 3 is 2.53 bits per heavy atom. The van der Waals surface area contributed by atoms with Gasteiger partial charge in [-0.3, -0.25) is 4.79 Å². The molecule has 0 unspecified atom stereocenters. The van der Waals surface area contributed by atoms with Crippen LogP contribution in [0.25, 0.3) is 0 Å². The molecule has 1 spiro atoms. The van der Waals surface area contributed by atoms with Gasteiger partial charge in [0.15, 0.2) is 0 Å². The number of rotatable bonds is 1. The van der Waals surface area contributed by atoms with Crippen LogP contribution in [0.15, 0.2) is 12.2 Å². The summed E-state index contributed by atoms with van der Waals surface area (Å²) in [5.41, 5.74) is 0.00293. The molecule has 19 heavy (non-hydrogen) atoms. The van der Waals surface area contributed by atoms with Gasteiger partial charge in [-0.25, -0.2) is 0 Å². The van der Waals surface area contributed by atoms with Crippen LogP contribution in [0.4, 0.5) is 0 Å². The first-order valence-electron chi connectivity index (χ1n) is 7.08. The number of hydrogen-bond donors (Lipinski definition) is 1. The minimum Gasteiger partial charge on any atom is -0.372 e. The second-order valence-corrected chi connectivity index (χ2v) is 5.67. The molecule has 2 heterocycles. The third-order valence-electron chi connectivity index (χ3n) is 4.48. The number of amides is 1. The molecule has 0 aromatic rings. The Morgan fingerprint density at radius 1 is 1.26 bits per heavy atom. The summed E-state index contributed by atoms with van der Waals surface area (Å²) < 4.78 is 5.95. The van der Waals surface area contributed by atoms with E-state index in [1.54, 1.807) is 0 Å². The number of nitrogens with one attached hydrogen (secondary N) is 1. The van der Waals surface area contributed by atoms with Crippen LogP contribution in [0, 0.1) is 5.92 Å². The molecule has 2 fully saturated rings. The Kier molecular flexibility index (Phi) is 4.87. The molecule has 0 atom stereocenters. The number of piperidine rings is 1. The number of morpholine rings is 1. The summed E-state index contributed by atoms with van der Waals surface area (Å²) in [6.45, 7) is 4.42. The quantitative estimate of drug-likeness (QED) is 0.740. The maximum absolute atomic E-state index is 12.3. The summed E-state index contributed by atoms with van der Waals surface area (Å²) in [6, 6.07) is 0. The van der Waals surface area contributed by atoms with E-state index in [2.05, 4.69) is 17.5 Å². The van der Waals surface area contributed by atoms with Crippen molar-refractivity contribution in [1.29, 1.82) is 0 Å². The Balaban J connectivity index is 0.00000133. The van der Waals surface area contributed by atoms with Crippen molar-refractivity contribution in [1.82, 2.24) is 10.2 Å². The lowest BCUT2D eigenvalue weighted by Crippen LogP contribution is -2.56. The summed E-state index contributed by atoms with van der Waals surface area (Å²) >= 11 is 0. The van der Waals surface area contributed by atoms with Gasteiger partial charge in [0.2, 0.25) is 5.91 Å². The van der Waals surface area contributed by atoms with Crippen molar-refractivity contribution < 1.29 is 9.53 Å². The highest BCUT2D eigenvalue weighted by Gasteiger charge is 2.39. The zero-order valence-electron chi connectivity index (χ0n) is 11.3. The molecule has 1 aliphatic carbocycles. The number of carbonyl (C=O) groups excluding carboxylic acids is 1. The van der Waals surface area contributed by atoms with E-state index < -0.39 is 0 Å². The largest absolute Gasteiger partial charge is 0.372 e. The minimum atomic E-state index is 0. The summed E-state index contributed by atoms with van der Waals surface area (Å²) in [6.07, 6.45) is 8.07. The van der Waals surface area contributed by atoms with Gasteiger partial charge in [0, 0.05) is 32.1 Å². The Hall–Kier alpha value is -0.580. The normalized spacial score (nSPS) is 26.4. The molecule has 0 aromatic heterocycles. The summed E-state index contributed by atoms with van der Waals surface area (Å²) in [4.78, 5) is 14.3. The first kappa shape index (κ1) is 14.8. The van der Waals surface area contributed by atoms with Gasteiger partial charge in [0.05, 0.1) is 12.2 Å². The van der Waals surface area contributed by atoms with Crippen LogP contribution in [0.5, 0.6) is 0 Å². The van der Waals surface area contributed by atoms with Gasteiger partial charge in [0.1, 0.15) is 0 Å². The fourth-order valence-corrected chi connectivity index (χ4v) is 3.24. The molecular formula is C14H23ClN2O2. The highest BCUT2D eigenvalue weighted by atomic mass is 35.5. The Bertz CT molecular complexity index is 335. The molecule has 108 valence electrons. The number of carbonyl (C=O) groups is 1. The van der Waals surface area contributed by atoms with Gasteiger partial charge in [-0.2, -0.15) is 0 Å². The predicted octanol–water partition coefficient (Wildman–Crippen LogP) is 1.36. The van der Waals surface area contributed by atoms with E-state index in [0.29, 0.717) is 5.91 Å². The van der Waals surface area contributed by atoms with E-state index >= 15 is 0 Å². The average Bonchev–Trinajstić information content (AvgIpc) is 2.94. The second kappa shape index (κ2) is 6.25. The molecule has 4 nitrogen and oxygen atoms in total. The fourth-order valence-electron chi connectivity index (χ4n) is 3.24. The van der Waals surface area contributed by atoms with Crippen molar-refractivity contribution in [2.24, 2.45) is 5.92 Å². The van der Waals surface area contributed by atoms with Crippen LogP contribution in [0.2, 0.25) is 0 Å². The van der Waals surface area contributed by atoms with E-state index in [1.807, 2.05) is 4.90 Å². The third kappa shape index (κ3) is 3.12. The van der Waals surface area contributed by atoms with Crippen molar-refractivity contribution in [2.45, 2.75) is 31.3 Å². The number of ether oxygens (including phenoxy) is 1. The maximum Gasteiger partial charge on any atom is 0.226 e. The first-order valence-corrected chi connectivity index (χ1v) is 7.08. The zero-order chi connectivity index (χ0) is 12.4. The zero-order valence-corrected chi connectivity index (χ0v) is 12.1. The Labute approximate surface area is 121 Å². The molecule has 1 amide bonds. The molecule has 0 aromatic carbocycles. The summed E-state index contributed by atoms with van der Waals surface area (Å²) in [5.74, 6) is 0.558. The fraction of sp³-hybridized carbons (Fsp3) is 0.786. The highest BCUT2D eigenvalue weighted by molar-refractivity contribution is 5.85. The maximum atomic E-state index is 12.3. The Morgan fingerprint density at radius 2 is 1.95 bits per heavy atom. The first-order chi connectivity index (χ1) is 8.79. The van der Waals surface area contributed by atoms with E-state index in [-0.39, 0.29) is 23.9 Å². The van der Waals surface area contributed by atoms with Gasteiger partial charge in [-0.15, -0.1) is 12.4 Å². The predicted molar refractivity (Wildman–Crippen MR) is 76.5 cm³/mol. The lowest BCUT2D eigenvalue weighted by atomic mass is 9.89. The number of allylic oxidation sites excluding steroid dienone is 2. The molecule has 3 aliphatic rings. The summed E-state index contributed by atoms with van der Waals surface area (Å²) in [7, 11) is 0. The van der Waals surface area contributed by atoms with E-state index in [1.165, 1.54) is 0 Å². The monoisotopic (exact) mass is 286 g/mol. The van der Waals surface area contributed by atoms with E-state index in [9.17, 15) is 4.79 Å². The van der Waals surface area contributed by atoms with Crippen LogP contribution in [-0.4, -0.2) is 49.2 Å². The van der Waals surface area contributed by atoms with Crippen LogP contribution < -0.4 is 5.32 Å². The smallest absolute Gasteiger partial charge is 0.226 e. The summed E-state index contributed by atoms with van der Waals surface area (Å²) in [5, 5.41) is 3.41. The lowest BCUT2D eigenvalue weighted by molar-refractivity contribution is -0.144. The average molecular weight is 287 g/mol. The third-order valence-corrected chi connectivity index (χ3v) is 4.48. The molecule has 0 saturated carbocycles. The molecule has 2 aliphatic heterocycles. The number of hydrogen-bond acceptors (Lipinski definition) is 3. The topological polar surface area (TPSA) is 41.6 Å². The van der Waals surface area contributed by atoms with Crippen LogP contribution in [-0.2, 0) is 9.53 Å². The van der Waals surface area contributed by atoms with Crippen molar-refractivity contribution in [3.63, 3.8) is 0 Å². The number of halogens is 1. The molecule has 3 rings (SSSR count). The van der Waals surface area contributed by atoms with Gasteiger partial charge >= 0.3 is 0 Å². The van der Waals surface area contributed by atoms with Crippen molar-refractivity contribution in [2.75, 3.05) is 32.8 Å². The molecular weight excluding hydrogens is 264 g/mol. The standard InChI is InChI=1S/C14H22N2O2.ClH/c17-13(12-3-1-2-4-12)16-8-5-14(6-9-16)11-15-7-10-18-14;/h1-2,12,15H,3-11H2;1H. The van der Waals surface area contributed by atoms with Crippen molar-refractivity contribution in [3.8, 4) is 0 Å².